The molecule has 0 aliphatic carbocycles. The van der Waals surface area contributed by atoms with E-state index in [0.717, 1.165) is 16.3 Å². The van der Waals surface area contributed by atoms with Gasteiger partial charge in [0.05, 0.1) is 12.2 Å². The topological polar surface area (TPSA) is 49.3 Å². The quantitative estimate of drug-likeness (QED) is 0.380. The van der Waals surface area contributed by atoms with E-state index in [2.05, 4.69) is 27.5 Å². The fourth-order valence-corrected chi connectivity index (χ4v) is 3.19. The Morgan fingerprint density at radius 2 is 1.91 bits per heavy atom. The minimum atomic E-state index is 0. The molecule has 23 heavy (non-hydrogen) atoms. The highest BCUT2D eigenvalue weighted by molar-refractivity contribution is 14.0. The maximum Gasteiger partial charge on any atom is 0.191 e. The number of nitrogens with zero attached hydrogens (tertiary/aromatic N) is 2. The number of aryl methyl sites for hydroxylation is 2. The number of benzene rings is 1. The Bertz CT molecular complexity index is 669. The average molecular weight is 485 g/mol. The SMILES string of the molecule is CN=C(NCc1nc(C)c(C)s1)NCc1ccc(Cl)cc1Cl.I. The second-order valence-corrected chi connectivity index (χ2v) is 6.90. The van der Waals surface area contributed by atoms with Crippen LogP contribution in [0.15, 0.2) is 23.2 Å². The highest BCUT2D eigenvalue weighted by atomic mass is 127. The Balaban J connectivity index is 0.00000264. The number of hydrogen-bond acceptors (Lipinski definition) is 3. The molecule has 0 fully saturated rings. The molecule has 2 rings (SSSR count). The minimum Gasteiger partial charge on any atom is -0.352 e. The van der Waals surface area contributed by atoms with Gasteiger partial charge in [0.15, 0.2) is 5.96 Å². The number of hydrogen-bond donors (Lipinski definition) is 2. The summed E-state index contributed by atoms with van der Waals surface area (Å²) in [5, 5.41) is 8.79. The lowest BCUT2D eigenvalue weighted by Gasteiger charge is -2.12. The minimum absolute atomic E-state index is 0. The monoisotopic (exact) mass is 484 g/mol. The van der Waals surface area contributed by atoms with Crippen molar-refractivity contribution in [3.63, 3.8) is 0 Å². The van der Waals surface area contributed by atoms with Crippen LogP contribution in [-0.4, -0.2) is 18.0 Å². The molecule has 0 amide bonds. The van der Waals surface area contributed by atoms with Crippen LogP contribution in [0.5, 0.6) is 0 Å². The first-order chi connectivity index (χ1) is 10.5. The molecule has 0 atom stereocenters. The molecule has 0 radical (unpaired) electrons. The molecule has 0 saturated carbocycles. The van der Waals surface area contributed by atoms with Crippen LogP contribution in [0, 0.1) is 13.8 Å². The summed E-state index contributed by atoms with van der Waals surface area (Å²) in [5.41, 5.74) is 2.05. The van der Waals surface area contributed by atoms with Gasteiger partial charge in [0.25, 0.3) is 0 Å². The third-order valence-electron chi connectivity index (χ3n) is 3.16. The highest BCUT2D eigenvalue weighted by Crippen LogP contribution is 2.20. The van der Waals surface area contributed by atoms with Gasteiger partial charge in [-0.2, -0.15) is 0 Å². The van der Waals surface area contributed by atoms with E-state index in [9.17, 15) is 0 Å². The van der Waals surface area contributed by atoms with Gasteiger partial charge >= 0.3 is 0 Å². The Morgan fingerprint density at radius 1 is 1.22 bits per heavy atom. The van der Waals surface area contributed by atoms with Crippen molar-refractivity contribution in [1.82, 2.24) is 15.6 Å². The van der Waals surface area contributed by atoms with E-state index in [0.29, 0.717) is 29.1 Å². The second-order valence-electron chi connectivity index (χ2n) is 4.76. The van der Waals surface area contributed by atoms with Crippen LogP contribution < -0.4 is 10.6 Å². The number of rotatable bonds is 4. The third-order valence-corrected chi connectivity index (χ3v) is 4.82. The average Bonchev–Trinajstić information content (AvgIpc) is 2.79. The smallest absolute Gasteiger partial charge is 0.191 e. The normalized spacial score (nSPS) is 11.1. The Hall–Kier alpha value is -0.570. The van der Waals surface area contributed by atoms with E-state index >= 15 is 0 Å². The molecule has 0 spiro atoms. The van der Waals surface area contributed by atoms with Gasteiger partial charge in [-0.25, -0.2) is 4.98 Å². The first-order valence-corrected chi connectivity index (χ1v) is 8.38. The molecule has 4 nitrogen and oxygen atoms in total. The van der Waals surface area contributed by atoms with Crippen molar-refractivity contribution in [2.24, 2.45) is 4.99 Å². The Labute approximate surface area is 167 Å². The summed E-state index contributed by atoms with van der Waals surface area (Å²) in [7, 11) is 1.73. The standard InChI is InChI=1S/C15H18Cl2N4S.HI/c1-9-10(2)22-14(21-9)8-20-15(18-3)19-7-11-4-5-12(16)6-13(11)17;/h4-6H,7-8H2,1-3H3,(H2,18,19,20);1H. The number of aliphatic imine (C=N–C) groups is 1. The summed E-state index contributed by atoms with van der Waals surface area (Å²) >= 11 is 13.7. The fraction of sp³-hybridized carbons (Fsp3) is 0.333. The molecular weight excluding hydrogens is 466 g/mol. The number of halogens is 3. The van der Waals surface area contributed by atoms with Crippen molar-refractivity contribution < 1.29 is 0 Å². The summed E-state index contributed by atoms with van der Waals surface area (Å²) in [6.45, 7) is 5.32. The van der Waals surface area contributed by atoms with E-state index in [1.54, 1.807) is 24.5 Å². The molecule has 0 bridgehead atoms. The van der Waals surface area contributed by atoms with Gasteiger partial charge in [0, 0.05) is 28.5 Å². The number of guanidine groups is 1. The highest BCUT2D eigenvalue weighted by Gasteiger charge is 2.06. The summed E-state index contributed by atoms with van der Waals surface area (Å²) in [6, 6.07) is 5.46. The predicted molar refractivity (Wildman–Crippen MR) is 111 cm³/mol. The zero-order valence-corrected chi connectivity index (χ0v) is 17.8. The zero-order valence-electron chi connectivity index (χ0n) is 13.1. The Kier molecular flexibility index (Phi) is 8.60. The first kappa shape index (κ1) is 20.5. The molecule has 0 saturated heterocycles. The van der Waals surface area contributed by atoms with Crippen LogP contribution in [0.4, 0.5) is 0 Å². The lowest BCUT2D eigenvalue weighted by molar-refractivity contribution is 0.803. The maximum atomic E-state index is 6.16. The van der Waals surface area contributed by atoms with Crippen molar-refractivity contribution in [1.29, 1.82) is 0 Å². The summed E-state index contributed by atoms with van der Waals surface area (Å²) < 4.78 is 0. The van der Waals surface area contributed by atoms with Crippen LogP contribution in [0.2, 0.25) is 10.0 Å². The lowest BCUT2D eigenvalue weighted by Crippen LogP contribution is -2.36. The van der Waals surface area contributed by atoms with Gasteiger partial charge < -0.3 is 10.6 Å². The molecule has 0 aliphatic heterocycles. The molecule has 2 aromatic rings. The van der Waals surface area contributed by atoms with Gasteiger partial charge in [-0.3, -0.25) is 4.99 Å². The summed E-state index contributed by atoms with van der Waals surface area (Å²) in [4.78, 5) is 9.94. The molecule has 1 heterocycles. The van der Waals surface area contributed by atoms with E-state index in [1.807, 2.05) is 19.1 Å². The summed E-state index contributed by atoms with van der Waals surface area (Å²) in [6.07, 6.45) is 0. The van der Waals surface area contributed by atoms with Crippen LogP contribution >= 0.6 is 58.5 Å². The third kappa shape index (κ3) is 6.10. The molecule has 1 aromatic heterocycles. The van der Waals surface area contributed by atoms with E-state index < -0.39 is 0 Å². The number of aromatic nitrogens is 1. The van der Waals surface area contributed by atoms with Gasteiger partial charge in [-0.1, -0.05) is 29.3 Å². The molecule has 2 N–H and O–H groups in total. The number of thiazole rings is 1. The second kappa shape index (κ2) is 9.66. The molecular formula is C15H19Cl2IN4S. The van der Waals surface area contributed by atoms with E-state index in [1.165, 1.54) is 4.88 Å². The zero-order chi connectivity index (χ0) is 16.1. The molecule has 8 heteroatoms. The van der Waals surface area contributed by atoms with Gasteiger partial charge in [0.2, 0.25) is 0 Å². The van der Waals surface area contributed by atoms with Crippen molar-refractivity contribution in [3.05, 3.63) is 49.4 Å². The van der Waals surface area contributed by atoms with Crippen LogP contribution in [0.3, 0.4) is 0 Å². The van der Waals surface area contributed by atoms with Crippen molar-refractivity contribution >= 4 is 64.5 Å². The lowest BCUT2D eigenvalue weighted by atomic mass is 10.2. The largest absolute Gasteiger partial charge is 0.352 e. The van der Waals surface area contributed by atoms with Crippen LogP contribution in [0.1, 0.15) is 21.1 Å². The van der Waals surface area contributed by atoms with Gasteiger partial charge in [-0.05, 0) is 31.5 Å². The molecule has 126 valence electrons. The van der Waals surface area contributed by atoms with Crippen LogP contribution in [-0.2, 0) is 13.1 Å². The number of nitrogens with one attached hydrogen (secondary N) is 2. The molecule has 0 unspecified atom stereocenters. The molecule has 0 aliphatic rings. The fourth-order valence-electron chi connectivity index (χ4n) is 1.84. The van der Waals surface area contributed by atoms with Gasteiger partial charge in [-0.15, -0.1) is 35.3 Å². The molecule has 1 aromatic carbocycles. The first-order valence-electron chi connectivity index (χ1n) is 6.81. The predicted octanol–water partition coefficient (Wildman–Crippen LogP) is 4.55. The van der Waals surface area contributed by atoms with Crippen molar-refractivity contribution in [2.45, 2.75) is 26.9 Å². The van der Waals surface area contributed by atoms with E-state index in [4.69, 9.17) is 23.2 Å². The van der Waals surface area contributed by atoms with Crippen molar-refractivity contribution in [3.8, 4) is 0 Å². The van der Waals surface area contributed by atoms with Crippen LogP contribution in [0.25, 0.3) is 0 Å². The van der Waals surface area contributed by atoms with E-state index in [-0.39, 0.29) is 24.0 Å². The summed E-state index contributed by atoms with van der Waals surface area (Å²) in [5.74, 6) is 0.705. The Morgan fingerprint density at radius 3 is 2.48 bits per heavy atom. The van der Waals surface area contributed by atoms with Crippen molar-refractivity contribution in [2.75, 3.05) is 7.05 Å². The maximum absolute atomic E-state index is 6.16. The van der Waals surface area contributed by atoms with Gasteiger partial charge in [0.1, 0.15) is 5.01 Å².